The van der Waals surface area contributed by atoms with Crippen molar-refractivity contribution in [2.24, 2.45) is 11.3 Å². The summed E-state index contributed by atoms with van der Waals surface area (Å²) in [7, 11) is 0. The minimum atomic E-state index is 0.170. The fourth-order valence-electron chi connectivity index (χ4n) is 2.07. The van der Waals surface area contributed by atoms with E-state index in [1.54, 1.807) is 0 Å². The highest BCUT2D eigenvalue weighted by molar-refractivity contribution is 5.82. The third-order valence-electron chi connectivity index (χ3n) is 3.67. The first-order valence-corrected chi connectivity index (χ1v) is 8.25. The number of ketones is 1. The monoisotopic (exact) mass is 284 g/mol. The van der Waals surface area contributed by atoms with Crippen molar-refractivity contribution in [1.29, 1.82) is 0 Å². The van der Waals surface area contributed by atoms with Gasteiger partial charge in [-0.2, -0.15) is 0 Å². The second-order valence-corrected chi connectivity index (χ2v) is 7.05. The second kappa shape index (κ2) is 9.51. The first-order chi connectivity index (χ1) is 9.28. The van der Waals surface area contributed by atoms with Gasteiger partial charge >= 0.3 is 0 Å². The predicted octanol–water partition coefficient (Wildman–Crippen LogP) is 3.29. The van der Waals surface area contributed by atoms with Gasteiger partial charge in [0.2, 0.25) is 0 Å². The zero-order valence-corrected chi connectivity index (χ0v) is 14.8. The summed E-state index contributed by atoms with van der Waals surface area (Å²) in [4.78, 5) is 16.5. The minimum absolute atomic E-state index is 0.170. The van der Waals surface area contributed by atoms with Crippen LogP contribution in [0.25, 0.3) is 0 Å². The van der Waals surface area contributed by atoms with Crippen LogP contribution in [-0.2, 0) is 4.79 Å². The molecular formula is C17H36N2O. The summed E-state index contributed by atoms with van der Waals surface area (Å²) in [6.07, 6.45) is 1.25. The normalized spacial score (nSPS) is 17.8. The van der Waals surface area contributed by atoms with E-state index in [1.165, 1.54) is 13.0 Å². The molecule has 0 aromatic rings. The average Bonchev–Trinajstić information content (AvgIpc) is 2.39. The predicted molar refractivity (Wildman–Crippen MR) is 88.1 cm³/mol. The molecule has 20 heavy (non-hydrogen) atoms. The first-order valence-electron chi connectivity index (χ1n) is 8.25. The Morgan fingerprint density at radius 2 is 1.45 bits per heavy atom. The Labute approximate surface area is 126 Å². The molecule has 0 unspecified atom stereocenters. The quantitative estimate of drug-likeness (QED) is 0.774. The van der Waals surface area contributed by atoms with Crippen LogP contribution in [0.4, 0.5) is 0 Å². The molecular weight excluding hydrogens is 248 g/mol. The van der Waals surface area contributed by atoms with E-state index in [0.29, 0.717) is 17.7 Å². The lowest BCUT2D eigenvalue weighted by Crippen LogP contribution is -2.48. The Morgan fingerprint density at radius 3 is 1.85 bits per heavy atom. The molecule has 1 aliphatic heterocycles. The number of rotatable bonds is 5. The van der Waals surface area contributed by atoms with E-state index in [2.05, 4.69) is 30.6 Å². The van der Waals surface area contributed by atoms with Gasteiger partial charge in [-0.15, -0.1) is 0 Å². The summed E-state index contributed by atoms with van der Waals surface area (Å²) in [6, 6.07) is 0. The smallest absolute Gasteiger partial charge is 0.149 e. The van der Waals surface area contributed by atoms with Crippen molar-refractivity contribution in [2.75, 3.05) is 39.3 Å². The number of hydrogen-bond donors (Lipinski definition) is 0. The van der Waals surface area contributed by atoms with Gasteiger partial charge in [0.1, 0.15) is 5.78 Å². The number of piperazine rings is 1. The van der Waals surface area contributed by atoms with E-state index in [1.807, 2.05) is 27.7 Å². The highest BCUT2D eigenvalue weighted by Crippen LogP contribution is 2.19. The van der Waals surface area contributed by atoms with Crippen molar-refractivity contribution in [3.05, 3.63) is 0 Å². The van der Waals surface area contributed by atoms with Crippen LogP contribution in [0.5, 0.6) is 0 Å². The lowest BCUT2D eigenvalue weighted by Gasteiger charge is -2.35. The zero-order chi connectivity index (χ0) is 15.8. The second-order valence-electron chi connectivity index (χ2n) is 7.05. The first kappa shape index (κ1) is 19.6. The number of carbonyl (C=O) groups is 1. The third kappa shape index (κ3) is 8.70. The molecule has 0 saturated carbocycles. The van der Waals surface area contributed by atoms with Gasteiger partial charge in [-0.1, -0.05) is 48.5 Å². The van der Waals surface area contributed by atoms with Crippen molar-refractivity contribution in [2.45, 2.75) is 54.9 Å². The summed E-state index contributed by atoms with van der Waals surface area (Å²) < 4.78 is 0. The SMILES string of the molecule is CC.CC(C)C(=O)CN1CCN(CCC(C)(C)C)CC1. The van der Waals surface area contributed by atoms with Gasteiger partial charge in [-0.25, -0.2) is 0 Å². The minimum Gasteiger partial charge on any atom is -0.301 e. The van der Waals surface area contributed by atoms with Crippen molar-refractivity contribution in [1.82, 2.24) is 9.80 Å². The van der Waals surface area contributed by atoms with Crippen molar-refractivity contribution >= 4 is 5.78 Å². The van der Waals surface area contributed by atoms with Gasteiger partial charge < -0.3 is 4.90 Å². The molecule has 0 aromatic carbocycles. The van der Waals surface area contributed by atoms with Gasteiger partial charge in [0, 0.05) is 32.1 Å². The topological polar surface area (TPSA) is 23.6 Å². The molecule has 1 fully saturated rings. The summed E-state index contributed by atoms with van der Waals surface area (Å²) in [6.45, 7) is 21.0. The molecule has 1 heterocycles. The van der Waals surface area contributed by atoms with Gasteiger partial charge in [0.25, 0.3) is 0 Å². The Hall–Kier alpha value is -0.410. The Balaban J connectivity index is 0.00000172. The molecule has 0 amide bonds. The average molecular weight is 284 g/mol. The van der Waals surface area contributed by atoms with E-state index in [9.17, 15) is 4.79 Å². The van der Waals surface area contributed by atoms with Crippen LogP contribution in [0.1, 0.15) is 54.9 Å². The van der Waals surface area contributed by atoms with Gasteiger partial charge in [0.05, 0.1) is 6.54 Å². The van der Waals surface area contributed by atoms with Crippen LogP contribution in [0, 0.1) is 11.3 Å². The van der Waals surface area contributed by atoms with Crippen LogP contribution < -0.4 is 0 Å². The number of nitrogens with zero attached hydrogens (tertiary/aromatic N) is 2. The number of Topliss-reactive ketones (excluding diaryl/α,β-unsaturated/α-hetero) is 1. The standard InChI is InChI=1S/C15H30N2O.C2H6/c1-13(2)14(18)12-17-10-8-16(9-11-17)7-6-15(3,4)5;1-2/h13H,6-12H2,1-5H3;1-2H3. The fraction of sp³-hybridized carbons (Fsp3) is 0.941. The Bertz CT molecular complexity index is 261. The molecule has 0 atom stereocenters. The molecule has 0 N–H and O–H groups in total. The largest absolute Gasteiger partial charge is 0.301 e. The molecule has 0 aliphatic carbocycles. The molecule has 3 heteroatoms. The molecule has 0 bridgehead atoms. The number of hydrogen-bond acceptors (Lipinski definition) is 3. The summed E-state index contributed by atoms with van der Waals surface area (Å²) in [5.41, 5.74) is 0.421. The highest BCUT2D eigenvalue weighted by atomic mass is 16.1. The molecule has 0 aromatic heterocycles. The highest BCUT2D eigenvalue weighted by Gasteiger charge is 2.21. The lowest BCUT2D eigenvalue weighted by atomic mass is 9.92. The van der Waals surface area contributed by atoms with E-state index >= 15 is 0 Å². The van der Waals surface area contributed by atoms with E-state index in [4.69, 9.17) is 0 Å². The summed E-state index contributed by atoms with van der Waals surface area (Å²) in [5, 5.41) is 0. The molecule has 120 valence electrons. The third-order valence-corrected chi connectivity index (χ3v) is 3.67. The summed E-state index contributed by atoms with van der Waals surface area (Å²) in [5.74, 6) is 0.544. The molecule has 0 spiro atoms. The Morgan fingerprint density at radius 1 is 1.00 bits per heavy atom. The van der Waals surface area contributed by atoms with Gasteiger partial charge in [-0.3, -0.25) is 9.69 Å². The van der Waals surface area contributed by atoms with Crippen LogP contribution in [0.15, 0.2) is 0 Å². The maximum atomic E-state index is 11.7. The molecule has 3 nitrogen and oxygen atoms in total. The summed E-state index contributed by atoms with van der Waals surface area (Å²) >= 11 is 0. The van der Waals surface area contributed by atoms with E-state index in [0.717, 1.165) is 26.2 Å². The zero-order valence-electron chi connectivity index (χ0n) is 14.8. The molecule has 1 saturated heterocycles. The van der Waals surface area contributed by atoms with Crippen LogP contribution in [-0.4, -0.2) is 54.9 Å². The van der Waals surface area contributed by atoms with Gasteiger partial charge in [-0.05, 0) is 18.4 Å². The maximum Gasteiger partial charge on any atom is 0.149 e. The number of carbonyl (C=O) groups excluding carboxylic acids is 1. The molecule has 0 radical (unpaired) electrons. The molecule has 1 rings (SSSR count). The van der Waals surface area contributed by atoms with Crippen molar-refractivity contribution in [3.8, 4) is 0 Å². The van der Waals surface area contributed by atoms with Crippen molar-refractivity contribution < 1.29 is 4.79 Å². The van der Waals surface area contributed by atoms with Crippen LogP contribution in [0.3, 0.4) is 0 Å². The van der Waals surface area contributed by atoms with Gasteiger partial charge in [0.15, 0.2) is 0 Å². The van der Waals surface area contributed by atoms with E-state index in [-0.39, 0.29) is 5.92 Å². The maximum absolute atomic E-state index is 11.7. The van der Waals surface area contributed by atoms with Crippen molar-refractivity contribution in [3.63, 3.8) is 0 Å². The fourth-order valence-corrected chi connectivity index (χ4v) is 2.07. The van der Waals surface area contributed by atoms with Crippen LogP contribution >= 0.6 is 0 Å². The Kier molecular flexibility index (Phi) is 9.32. The lowest BCUT2D eigenvalue weighted by molar-refractivity contribution is -0.123. The van der Waals surface area contributed by atoms with E-state index < -0.39 is 0 Å². The van der Waals surface area contributed by atoms with Crippen LogP contribution in [0.2, 0.25) is 0 Å². The molecule has 1 aliphatic rings.